The molecule has 0 aliphatic carbocycles. The van der Waals surface area contributed by atoms with Crippen molar-refractivity contribution in [3.05, 3.63) is 65.5 Å². The average Bonchev–Trinajstić information content (AvgIpc) is 2.92. The average molecular weight is 293 g/mol. The number of fused-ring (bicyclic) bond motifs is 1. The van der Waals surface area contributed by atoms with Gasteiger partial charge >= 0.3 is 0 Å². The zero-order valence-electron chi connectivity index (χ0n) is 12.8. The summed E-state index contributed by atoms with van der Waals surface area (Å²) < 4.78 is 2.00. The van der Waals surface area contributed by atoms with Crippen LogP contribution in [0.25, 0.3) is 11.0 Å². The summed E-state index contributed by atoms with van der Waals surface area (Å²) >= 11 is 0. The predicted octanol–water partition coefficient (Wildman–Crippen LogP) is 3.29. The lowest BCUT2D eigenvalue weighted by Gasteiger charge is -2.05. The fourth-order valence-electron chi connectivity index (χ4n) is 2.64. The number of carbonyl (C=O) groups is 1. The molecule has 1 N–H and O–H groups in total. The largest absolute Gasteiger partial charge is 0.348 e. The van der Waals surface area contributed by atoms with Crippen molar-refractivity contribution in [2.45, 2.75) is 26.9 Å². The molecule has 0 unspecified atom stereocenters. The van der Waals surface area contributed by atoms with Crippen molar-refractivity contribution < 1.29 is 4.79 Å². The molecule has 0 aliphatic heterocycles. The van der Waals surface area contributed by atoms with E-state index in [1.807, 2.05) is 54.9 Å². The van der Waals surface area contributed by atoms with Crippen LogP contribution in [0.5, 0.6) is 0 Å². The van der Waals surface area contributed by atoms with E-state index in [1.54, 1.807) is 6.20 Å². The van der Waals surface area contributed by atoms with Crippen molar-refractivity contribution in [3.8, 4) is 0 Å². The summed E-state index contributed by atoms with van der Waals surface area (Å²) in [5, 5.41) is 3.89. The zero-order valence-corrected chi connectivity index (χ0v) is 12.8. The first-order chi connectivity index (χ1) is 10.7. The van der Waals surface area contributed by atoms with Gasteiger partial charge in [-0.15, -0.1) is 0 Å². The van der Waals surface area contributed by atoms with Crippen molar-refractivity contribution in [2.24, 2.45) is 0 Å². The van der Waals surface area contributed by atoms with E-state index in [0.717, 1.165) is 23.1 Å². The Morgan fingerprint density at radius 2 is 2.14 bits per heavy atom. The number of nitrogens with zero attached hydrogens (tertiary/aromatic N) is 2. The van der Waals surface area contributed by atoms with Crippen LogP contribution in [0.3, 0.4) is 0 Å². The topological polar surface area (TPSA) is 46.9 Å². The first-order valence-corrected chi connectivity index (χ1v) is 7.46. The van der Waals surface area contributed by atoms with Crippen LogP contribution in [0.2, 0.25) is 0 Å². The van der Waals surface area contributed by atoms with Gasteiger partial charge in [-0.25, -0.2) is 4.98 Å². The number of benzene rings is 1. The van der Waals surface area contributed by atoms with Gasteiger partial charge in [0, 0.05) is 30.9 Å². The summed E-state index contributed by atoms with van der Waals surface area (Å²) in [5.41, 5.74) is 3.83. The van der Waals surface area contributed by atoms with Gasteiger partial charge in [0.1, 0.15) is 5.65 Å². The summed E-state index contributed by atoms with van der Waals surface area (Å²) in [5.74, 6) is -0.0632. The fourth-order valence-corrected chi connectivity index (χ4v) is 2.64. The van der Waals surface area contributed by atoms with Crippen LogP contribution in [0, 0.1) is 6.92 Å². The third kappa shape index (κ3) is 2.72. The van der Waals surface area contributed by atoms with Crippen LogP contribution in [-0.4, -0.2) is 15.5 Å². The smallest absolute Gasteiger partial charge is 0.253 e. The predicted molar refractivity (Wildman–Crippen MR) is 87.8 cm³/mol. The molecule has 0 fully saturated rings. The maximum atomic E-state index is 12.5. The highest BCUT2D eigenvalue weighted by Gasteiger charge is 2.14. The van der Waals surface area contributed by atoms with Gasteiger partial charge in [-0.3, -0.25) is 4.79 Å². The lowest BCUT2D eigenvalue weighted by Crippen LogP contribution is -2.22. The van der Waals surface area contributed by atoms with E-state index in [4.69, 9.17) is 0 Å². The molecule has 0 saturated heterocycles. The second-order valence-electron chi connectivity index (χ2n) is 5.38. The summed E-state index contributed by atoms with van der Waals surface area (Å²) in [6.07, 6.45) is 3.63. The van der Waals surface area contributed by atoms with Crippen molar-refractivity contribution in [1.29, 1.82) is 0 Å². The van der Waals surface area contributed by atoms with Gasteiger partial charge in [-0.2, -0.15) is 0 Å². The van der Waals surface area contributed by atoms with Gasteiger partial charge < -0.3 is 9.88 Å². The Bertz CT molecular complexity index is 820. The third-order valence-corrected chi connectivity index (χ3v) is 3.75. The Morgan fingerprint density at radius 3 is 2.91 bits per heavy atom. The molecule has 22 heavy (non-hydrogen) atoms. The molecule has 0 aliphatic rings. The van der Waals surface area contributed by atoms with Gasteiger partial charge in [0.15, 0.2) is 0 Å². The first kappa shape index (κ1) is 14.3. The Hall–Kier alpha value is -2.62. The Balaban J connectivity index is 1.83. The highest BCUT2D eigenvalue weighted by molar-refractivity contribution is 6.06. The number of rotatable bonds is 4. The van der Waals surface area contributed by atoms with Crippen molar-refractivity contribution in [2.75, 3.05) is 0 Å². The second kappa shape index (κ2) is 6.02. The molecule has 0 bridgehead atoms. The Labute approximate surface area is 129 Å². The second-order valence-corrected chi connectivity index (χ2v) is 5.38. The quantitative estimate of drug-likeness (QED) is 0.802. The van der Waals surface area contributed by atoms with E-state index in [-0.39, 0.29) is 5.91 Å². The van der Waals surface area contributed by atoms with Crippen LogP contribution < -0.4 is 5.32 Å². The summed E-state index contributed by atoms with van der Waals surface area (Å²) in [4.78, 5) is 16.9. The summed E-state index contributed by atoms with van der Waals surface area (Å²) in [6, 6.07) is 12.0. The molecule has 0 atom stereocenters. The van der Waals surface area contributed by atoms with Gasteiger partial charge in [-0.1, -0.05) is 29.8 Å². The van der Waals surface area contributed by atoms with E-state index in [2.05, 4.69) is 16.4 Å². The molecule has 3 aromatic rings. The van der Waals surface area contributed by atoms with Crippen molar-refractivity contribution >= 4 is 16.9 Å². The molecule has 0 saturated carbocycles. The van der Waals surface area contributed by atoms with Crippen LogP contribution in [0.1, 0.15) is 28.4 Å². The van der Waals surface area contributed by atoms with Crippen molar-refractivity contribution in [1.82, 2.24) is 14.9 Å². The lowest BCUT2D eigenvalue weighted by atomic mass is 10.1. The lowest BCUT2D eigenvalue weighted by molar-refractivity contribution is 0.0952. The van der Waals surface area contributed by atoms with Gasteiger partial charge in [-0.05, 0) is 31.5 Å². The van der Waals surface area contributed by atoms with Crippen LogP contribution >= 0.6 is 0 Å². The highest BCUT2D eigenvalue weighted by atomic mass is 16.1. The SMILES string of the molecule is CCn1cc(C(=O)NCc2cccc(C)c2)c2cccnc21. The molecule has 0 radical (unpaired) electrons. The summed E-state index contributed by atoms with van der Waals surface area (Å²) in [7, 11) is 0. The van der Waals surface area contributed by atoms with Crippen molar-refractivity contribution in [3.63, 3.8) is 0 Å². The van der Waals surface area contributed by atoms with Crippen LogP contribution in [0.4, 0.5) is 0 Å². The molecule has 1 amide bonds. The maximum absolute atomic E-state index is 12.5. The normalized spacial score (nSPS) is 10.8. The highest BCUT2D eigenvalue weighted by Crippen LogP contribution is 2.19. The number of pyridine rings is 1. The minimum absolute atomic E-state index is 0.0632. The summed E-state index contributed by atoms with van der Waals surface area (Å²) in [6.45, 7) is 5.41. The molecular weight excluding hydrogens is 274 g/mol. The Morgan fingerprint density at radius 1 is 1.27 bits per heavy atom. The monoisotopic (exact) mass is 293 g/mol. The van der Waals surface area contributed by atoms with E-state index in [9.17, 15) is 4.79 Å². The molecule has 4 heteroatoms. The number of aromatic nitrogens is 2. The van der Waals surface area contributed by atoms with Gasteiger partial charge in [0.05, 0.1) is 5.56 Å². The van der Waals surface area contributed by atoms with Crippen LogP contribution in [-0.2, 0) is 13.1 Å². The molecule has 112 valence electrons. The molecule has 0 spiro atoms. The van der Waals surface area contributed by atoms with Crippen LogP contribution in [0.15, 0.2) is 48.8 Å². The molecule has 2 aromatic heterocycles. The van der Waals surface area contributed by atoms with Gasteiger partial charge in [0.25, 0.3) is 5.91 Å². The molecule has 1 aromatic carbocycles. The standard InChI is InChI=1S/C18H19N3O/c1-3-21-12-16(15-8-5-9-19-17(15)21)18(22)20-11-14-7-4-6-13(2)10-14/h4-10,12H,3,11H2,1-2H3,(H,20,22). The number of aryl methyl sites for hydroxylation is 2. The zero-order chi connectivity index (χ0) is 15.5. The van der Waals surface area contributed by atoms with E-state index < -0.39 is 0 Å². The minimum atomic E-state index is -0.0632. The number of amides is 1. The number of nitrogens with one attached hydrogen (secondary N) is 1. The molecule has 2 heterocycles. The van der Waals surface area contributed by atoms with E-state index in [1.165, 1.54) is 5.56 Å². The van der Waals surface area contributed by atoms with Gasteiger partial charge in [0.2, 0.25) is 0 Å². The minimum Gasteiger partial charge on any atom is -0.348 e. The Kier molecular flexibility index (Phi) is 3.92. The number of hydrogen-bond donors (Lipinski definition) is 1. The maximum Gasteiger partial charge on any atom is 0.253 e. The van der Waals surface area contributed by atoms with E-state index in [0.29, 0.717) is 12.1 Å². The number of hydrogen-bond acceptors (Lipinski definition) is 2. The third-order valence-electron chi connectivity index (χ3n) is 3.75. The fraction of sp³-hybridized carbons (Fsp3) is 0.222. The number of carbonyl (C=O) groups excluding carboxylic acids is 1. The molecule has 4 nitrogen and oxygen atoms in total. The van der Waals surface area contributed by atoms with E-state index >= 15 is 0 Å². The molecule has 3 rings (SSSR count). The molecular formula is C18H19N3O. The first-order valence-electron chi connectivity index (χ1n) is 7.46.